The normalized spacial score (nSPS) is 39.0. The highest BCUT2D eigenvalue weighted by Gasteiger charge is 2.53. The summed E-state index contributed by atoms with van der Waals surface area (Å²) in [7, 11) is 0. The molecule has 3 unspecified atom stereocenters. The molecule has 3 fully saturated rings. The molecular formula is C16H29N. The Morgan fingerprint density at radius 3 is 2.12 bits per heavy atom. The van der Waals surface area contributed by atoms with Gasteiger partial charge < -0.3 is 5.32 Å². The monoisotopic (exact) mass is 235 g/mol. The molecule has 0 radical (unpaired) electrons. The Labute approximate surface area is 107 Å². The van der Waals surface area contributed by atoms with Crippen LogP contribution in [0.4, 0.5) is 0 Å². The van der Waals surface area contributed by atoms with E-state index in [4.69, 9.17) is 0 Å². The van der Waals surface area contributed by atoms with Gasteiger partial charge in [0.25, 0.3) is 0 Å². The van der Waals surface area contributed by atoms with Gasteiger partial charge in [0.1, 0.15) is 0 Å². The highest BCUT2D eigenvalue weighted by Crippen LogP contribution is 2.58. The lowest BCUT2D eigenvalue weighted by molar-refractivity contribution is 0.345. The molecule has 1 nitrogen and oxygen atoms in total. The SMILES string of the molecule is CCNC(CC1CCCC1)C1C2CCCCC21. The van der Waals surface area contributed by atoms with E-state index < -0.39 is 0 Å². The summed E-state index contributed by atoms with van der Waals surface area (Å²) in [5, 5.41) is 3.83. The molecule has 0 aromatic rings. The first-order chi connectivity index (χ1) is 8.40. The summed E-state index contributed by atoms with van der Waals surface area (Å²) in [6.45, 7) is 3.46. The quantitative estimate of drug-likeness (QED) is 0.760. The molecule has 3 aliphatic carbocycles. The largest absolute Gasteiger partial charge is 0.314 e. The van der Waals surface area contributed by atoms with Gasteiger partial charge in [0.05, 0.1) is 0 Å². The fraction of sp³-hybridized carbons (Fsp3) is 1.00. The molecule has 1 N–H and O–H groups in total. The molecule has 0 heterocycles. The van der Waals surface area contributed by atoms with Gasteiger partial charge in [-0.15, -0.1) is 0 Å². The van der Waals surface area contributed by atoms with Crippen molar-refractivity contribution in [2.45, 2.75) is 70.8 Å². The van der Waals surface area contributed by atoms with Crippen LogP contribution in [0, 0.1) is 23.7 Å². The molecule has 0 aliphatic heterocycles. The Bertz CT molecular complexity index is 232. The standard InChI is InChI=1S/C16H29N/c1-2-17-15(11-12-7-3-4-8-12)16-13-9-5-6-10-14(13)16/h12-17H,2-11H2,1H3. The van der Waals surface area contributed by atoms with Gasteiger partial charge in [-0.05, 0) is 49.5 Å². The van der Waals surface area contributed by atoms with E-state index in [0.29, 0.717) is 0 Å². The third kappa shape index (κ3) is 2.54. The van der Waals surface area contributed by atoms with Crippen molar-refractivity contribution >= 4 is 0 Å². The fourth-order valence-electron chi connectivity index (χ4n) is 4.89. The van der Waals surface area contributed by atoms with E-state index in [1.165, 1.54) is 51.5 Å². The number of hydrogen-bond donors (Lipinski definition) is 1. The third-order valence-corrected chi connectivity index (χ3v) is 5.72. The van der Waals surface area contributed by atoms with Gasteiger partial charge in [-0.25, -0.2) is 0 Å². The van der Waals surface area contributed by atoms with Crippen molar-refractivity contribution in [3.63, 3.8) is 0 Å². The highest BCUT2D eigenvalue weighted by atomic mass is 14.9. The van der Waals surface area contributed by atoms with E-state index >= 15 is 0 Å². The second-order valence-corrected chi connectivity index (χ2v) is 6.74. The lowest BCUT2D eigenvalue weighted by atomic mass is 9.94. The first-order valence-corrected chi connectivity index (χ1v) is 8.13. The molecule has 0 aromatic carbocycles. The van der Waals surface area contributed by atoms with Crippen LogP contribution in [-0.4, -0.2) is 12.6 Å². The molecule has 0 aromatic heterocycles. The molecule has 0 amide bonds. The van der Waals surface area contributed by atoms with Gasteiger partial charge >= 0.3 is 0 Å². The van der Waals surface area contributed by atoms with Crippen LogP contribution in [0.5, 0.6) is 0 Å². The highest BCUT2D eigenvalue weighted by molar-refractivity contribution is 5.04. The van der Waals surface area contributed by atoms with Gasteiger partial charge in [0.2, 0.25) is 0 Å². The minimum atomic E-state index is 0.871. The average molecular weight is 235 g/mol. The van der Waals surface area contributed by atoms with Gasteiger partial charge in [-0.1, -0.05) is 45.4 Å². The molecule has 17 heavy (non-hydrogen) atoms. The number of rotatable bonds is 5. The van der Waals surface area contributed by atoms with Crippen LogP contribution in [0.2, 0.25) is 0 Å². The zero-order valence-corrected chi connectivity index (χ0v) is 11.5. The van der Waals surface area contributed by atoms with Crippen molar-refractivity contribution in [3.05, 3.63) is 0 Å². The summed E-state index contributed by atoms with van der Waals surface area (Å²) < 4.78 is 0. The summed E-state index contributed by atoms with van der Waals surface area (Å²) in [4.78, 5) is 0. The van der Waals surface area contributed by atoms with Gasteiger partial charge in [0, 0.05) is 6.04 Å². The predicted octanol–water partition coefficient (Wildman–Crippen LogP) is 3.98. The van der Waals surface area contributed by atoms with Crippen LogP contribution in [0.3, 0.4) is 0 Å². The van der Waals surface area contributed by atoms with Crippen molar-refractivity contribution in [2.24, 2.45) is 23.7 Å². The molecule has 0 saturated heterocycles. The van der Waals surface area contributed by atoms with Crippen LogP contribution in [0.15, 0.2) is 0 Å². The maximum Gasteiger partial charge on any atom is 0.0103 e. The zero-order valence-electron chi connectivity index (χ0n) is 11.5. The van der Waals surface area contributed by atoms with Crippen LogP contribution >= 0.6 is 0 Å². The summed E-state index contributed by atoms with van der Waals surface area (Å²) in [5.74, 6) is 4.36. The maximum atomic E-state index is 3.83. The molecular weight excluding hydrogens is 206 g/mol. The van der Waals surface area contributed by atoms with Crippen LogP contribution in [0.25, 0.3) is 0 Å². The number of fused-ring (bicyclic) bond motifs is 1. The first-order valence-electron chi connectivity index (χ1n) is 8.13. The molecule has 98 valence electrons. The molecule has 1 heteroatoms. The fourth-order valence-corrected chi connectivity index (χ4v) is 4.89. The summed E-state index contributed by atoms with van der Waals surface area (Å²) in [6, 6.07) is 0.871. The Balaban J connectivity index is 1.56. The van der Waals surface area contributed by atoms with E-state index in [1.807, 2.05) is 0 Å². The van der Waals surface area contributed by atoms with Gasteiger partial charge in [-0.2, -0.15) is 0 Å². The Hall–Kier alpha value is -0.0400. The van der Waals surface area contributed by atoms with Gasteiger partial charge in [0.15, 0.2) is 0 Å². The third-order valence-electron chi connectivity index (χ3n) is 5.72. The minimum absolute atomic E-state index is 0.871. The first kappa shape index (κ1) is 12.0. The van der Waals surface area contributed by atoms with E-state index in [2.05, 4.69) is 12.2 Å². The molecule has 3 aliphatic rings. The molecule has 0 bridgehead atoms. The Kier molecular flexibility index (Phi) is 3.75. The molecule has 3 saturated carbocycles. The van der Waals surface area contributed by atoms with Gasteiger partial charge in [-0.3, -0.25) is 0 Å². The van der Waals surface area contributed by atoms with E-state index in [-0.39, 0.29) is 0 Å². The second-order valence-electron chi connectivity index (χ2n) is 6.74. The van der Waals surface area contributed by atoms with Crippen LogP contribution in [0.1, 0.15) is 64.7 Å². The molecule has 3 rings (SSSR count). The summed E-state index contributed by atoms with van der Waals surface area (Å²) >= 11 is 0. The predicted molar refractivity (Wildman–Crippen MR) is 73.0 cm³/mol. The van der Waals surface area contributed by atoms with Crippen molar-refractivity contribution in [1.82, 2.24) is 5.32 Å². The lowest BCUT2D eigenvalue weighted by Crippen LogP contribution is -2.33. The Morgan fingerprint density at radius 2 is 1.53 bits per heavy atom. The van der Waals surface area contributed by atoms with E-state index in [1.54, 1.807) is 12.8 Å². The van der Waals surface area contributed by atoms with E-state index in [0.717, 1.165) is 29.7 Å². The van der Waals surface area contributed by atoms with Crippen molar-refractivity contribution in [1.29, 1.82) is 0 Å². The second kappa shape index (κ2) is 5.30. The summed E-state index contributed by atoms with van der Waals surface area (Å²) in [6.07, 6.45) is 13.6. The molecule has 0 spiro atoms. The minimum Gasteiger partial charge on any atom is -0.314 e. The van der Waals surface area contributed by atoms with Crippen molar-refractivity contribution in [2.75, 3.05) is 6.54 Å². The zero-order chi connectivity index (χ0) is 11.7. The number of hydrogen-bond acceptors (Lipinski definition) is 1. The van der Waals surface area contributed by atoms with Crippen LogP contribution in [-0.2, 0) is 0 Å². The van der Waals surface area contributed by atoms with Crippen molar-refractivity contribution in [3.8, 4) is 0 Å². The molecule has 3 atom stereocenters. The topological polar surface area (TPSA) is 12.0 Å². The smallest absolute Gasteiger partial charge is 0.0103 e. The number of nitrogens with one attached hydrogen (secondary N) is 1. The summed E-state index contributed by atoms with van der Waals surface area (Å²) in [5.41, 5.74) is 0. The van der Waals surface area contributed by atoms with Crippen molar-refractivity contribution < 1.29 is 0 Å². The Morgan fingerprint density at radius 1 is 0.941 bits per heavy atom. The van der Waals surface area contributed by atoms with E-state index in [9.17, 15) is 0 Å². The lowest BCUT2D eigenvalue weighted by Gasteiger charge is -2.22. The van der Waals surface area contributed by atoms with Crippen LogP contribution < -0.4 is 5.32 Å². The maximum absolute atomic E-state index is 3.83. The average Bonchev–Trinajstić information content (AvgIpc) is 2.85.